The van der Waals surface area contributed by atoms with Gasteiger partial charge in [0.1, 0.15) is 11.3 Å². The van der Waals surface area contributed by atoms with Gasteiger partial charge in [0.05, 0.1) is 11.3 Å². The van der Waals surface area contributed by atoms with E-state index in [-0.39, 0.29) is 17.9 Å². The van der Waals surface area contributed by atoms with Crippen molar-refractivity contribution in [2.75, 3.05) is 0 Å². The number of nitro groups is 1. The van der Waals surface area contributed by atoms with Crippen molar-refractivity contribution in [3.8, 4) is 0 Å². The summed E-state index contributed by atoms with van der Waals surface area (Å²) < 4.78 is 1.59. The van der Waals surface area contributed by atoms with Crippen LogP contribution >= 0.6 is 0 Å². The van der Waals surface area contributed by atoms with Crippen LogP contribution in [0.2, 0.25) is 0 Å². The van der Waals surface area contributed by atoms with Gasteiger partial charge in [-0.25, -0.2) is 4.68 Å². The van der Waals surface area contributed by atoms with Gasteiger partial charge in [-0.05, 0) is 30.6 Å². The molecule has 0 aliphatic heterocycles. The van der Waals surface area contributed by atoms with Crippen molar-refractivity contribution in [2.45, 2.75) is 37.8 Å². The van der Waals surface area contributed by atoms with Gasteiger partial charge in [0.2, 0.25) is 0 Å². The fourth-order valence-corrected chi connectivity index (χ4v) is 1.90. The maximum atomic E-state index is 10.4. The first-order valence-electron chi connectivity index (χ1n) is 4.98. The minimum absolute atomic E-state index is 0.190. The molecule has 0 atom stereocenters. The number of nitrogens with zero attached hydrogens (tertiary/aromatic N) is 4. The molecule has 1 aliphatic rings. The Balaban J connectivity index is 2.06. The molecule has 0 unspecified atom stereocenters. The molecular formula is C8H13N5O2. The summed E-state index contributed by atoms with van der Waals surface area (Å²) in [7, 11) is 0. The van der Waals surface area contributed by atoms with Gasteiger partial charge in [-0.1, -0.05) is 0 Å². The largest absolute Gasteiger partial charge is 0.410 e. The van der Waals surface area contributed by atoms with E-state index >= 15 is 0 Å². The first kappa shape index (κ1) is 10.0. The number of aromatic nitrogens is 3. The molecule has 2 rings (SSSR count). The number of nitrogens with two attached hydrogens (primary N) is 1. The molecule has 82 valence electrons. The van der Waals surface area contributed by atoms with Crippen LogP contribution in [-0.2, 0) is 0 Å². The maximum absolute atomic E-state index is 10.4. The van der Waals surface area contributed by atoms with E-state index in [1.165, 1.54) is 6.20 Å². The number of hydrogen-bond donors (Lipinski definition) is 1. The Morgan fingerprint density at radius 3 is 2.67 bits per heavy atom. The minimum Gasteiger partial charge on any atom is -0.358 e. The molecule has 1 heterocycles. The van der Waals surface area contributed by atoms with Crippen molar-refractivity contribution in [1.29, 1.82) is 0 Å². The van der Waals surface area contributed by atoms with Crippen LogP contribution in [0.1, 0.15) is 31.7 Å². The average Bonchev–Trinajstić information content (AvgIpc) is 2.68. The third-order valence-electron chi connectivity index (χ3n) is 2.80. The zero-order valence-corrected chi connectivity index (χ0v) is 8.24. The van der Waals surface area contributed by atoms with Crippen LogP contribution in [0, 0.1) is 10.1 Å². The van der Waals surface area contributed by atoms with Crippen molar-refractivity contribution in [2.24, 2.45) is 5.73 Å². The first-order valence-corrected chi connectivity index (χ1v) is 4.98. The molecule has 0 radical (unpaired) electrons. The first-order chi connectivity index (χ1) is 7.16. The van der Waals surface area contributed by atoms with E-state index < -0.39 is 4.92 Å². The van der Waals surface area contributed by atoms with Crippen LogP contribution in [0.5, 0.6) is 0 Å². The molecular weight excluding hydrogens is 198 g/mol. The molecule has 0 spiro atoms. The summed E-state index contributed by atoms with van der Waals surface area (Å²) in [5.41, 5.74) is 5.77. The van der Waals surface area contributed by atoms with Gasteiger partial charge >= 0.3 is 5.82 Å². The van der Waals surface area contributed by atoms with E-state index in [0.29, 0.717) is 0 Å². The highest BCUT2D eigenvalue weighted by atomic mass is 16.6. The molecule has 1 saturated carbocycles. The highest BCUT2D eigenvalue weighted by molar-refractivity contribution is 5.09. The molecule has 7 heteroatoms. The molecule has 1 aromatic rings. The molecule has 0 aromatic carbocycles. The highest BCUT2D eigenvalue weighted by Crippen LogP contribution is 2.27. The van der Waals surface area contributed by atoms with E-state index in [0.717, 1.165) is 25.7 Å². The summed E-state index contributed by atoms with van der Waals surface area (Å²) in [6.07, 6.45) is 5.11. The Hall–Kier alpha value is -1.50. The average molecular weight is 211 g/mol. The molecule has 1 fully saturated rings. The summed E-state index contributed by atoms with van der Waals surface area (Å²) in [6, 6.07) is 0.478. The summed E-state index contributed by atoms with van der Waals surface area (Å²) in [4.78, 5) is 9.89. The summed E-state index contributed by atoms with van der Waals surface area (Å²) in [6.45, 7) is 0. The molecule has 1 aliphatic carbocycles. The fraction of sp³-hybridized carbons (Fsp3) is 0.750. The Morgan fingerprint density at radius 1 is 1.47 bits per heavy atom. The molecule has 15 heavy (non-hydrogen) atoms. The number of rotatable bonds is 2. The maximum Gasteiger partial charge on any atom is 0.410 e. The number of hydrogen-bond acceptors (Lipinski definition) is 5. The van der Waals surface area contributed by atoms with E-state index in [1.54, 1.807) is 4.68 Å². The zero-order valence-electron chi connectivity index (χ0n) is 8.24. The normalized spacial score (nSPS) is 26.5. The van der Waals surface area contributed by atoms with Crippen molar-refractivity contribution >= 4 is 5.82 Å². The predicted octanol–water partition coefficient (Wildman–Crippen LogP) is 0.629. The van der Waals surface area contributed by atoms with Crippen LogP contribution in [-0.4, -0.2) is 26.0 Å². The summed E-state index contributed by atoms with van der Waals surface area (Å²) >= 11 is 0. The lowest BCUT2D eigenvalue weighted by atomic mass is 9.92. The Morgan fingerprint density at radius 2 is 2.13 bits per heavy atom. The van der Waals surface area contributed by atoms with Gasteiger partial charge < -0.3 is 15.8 Å². The Labute approximate surface area is 86.4 Å². The van der Waals surface area contributed by atoms with Gasteiger partial charge in [-0.3, -0.25) is 0 Å². The second-order valence-corrected chi connectivity index (χ2v) is 3.88. The summed E-state index contributed by atoms with van der Waals surface area (Å²) in [5.74, 6) is -0.190. The van der Waals surface area contributed by atoms with Gasteiger partial charge in [0.15, 0.2) is 0 Å². The lowest BCUT2D eigenvalue weighted by Crippen LogP contribution is -2.28. The zero-order chi connectivity index (χ0) is 10.8. The van der Waals surface area contributed by atoms with Gasteiger partial charge in [-0.2, -0.15) is 0 Å². The van der Waals surface area contributed by atoms with Crippen LogP contribution < -0.4 is 5.73 Å². The lowest BCUT2D eigenvalue weighted by Gasteiger charge is -2.24. The quantitative estimate of drug-likeness (QED) is 0.571. The van der Waals surface area contributed by atoms with Crippen LogP contribution in [0.3, 0.4) is 0 Å². The molecule has 0 amide bonds. The van der Waals surface area contributed by atoms with E-state index in [2.05, 4.69) is 10.3 Å². The third kappa shape index (κ3) is 2.12. The van der Waals surface area contributed by atoms with Gasteiger partial charge in [0, 0.05) is 6.04 Å². The van der Waals surface area contributed by atoms with Crippen LogP contribution in [0.4, 0.5) is 5.82 Å². The Kier molecular flexibility index (Phi) is 2.63. The SMILES string of the molecule is NC1CCC(n2cc([N+](=O)[O-])nn2)CC1. The minimum atomic E-state index is -0.530. The standard InChI is InChI=1S/C8H13N5O2/c9-6-1-3-7(4-2-6)12-5-8(10-11-12)13(14)15/h5-7H,1-4,9H2. The third-order valence-corrected chi connectivity index (χ3v) is 2.80. The predicted molar refractivity (Wildman–Crippen MR) is 52.2 cm³/mol. The second kappa shape index (κ2) is 3.93. The van der Waals surface area contributed by atoms with Gasteiger partial charge in [-0.15, -0.1) is 0 Å². The van der Waals surface area contributed by atoms with Crippen molar-refractivity contribution < 1.29 is 4.92 Å². The molecule has 0 saturated heterocycles. The lowest BCUT2D eigenvalue weighted by molar-refractivity contribution is -0.389. The topological polar surface area (TPSA) is 99.9 Å². The van der Waals surface area contributed by atoms with Crippen molar-refractivity contribution in [1.82, 2.24) is 15.0 Å². The van der Waals surface area contributed by atoms with E-state index in [4.69, 9.17) is 5.73 Å². The van der Waals surface area contributed by atoms with E-state index in [9.17, 15) is 10.1 Å². The molecule has 2 N–H and O–H groups in total. The summed E-state index contributed by atoms with van der Waals surface area (Å²) in [5, 5.41) is 17.7. The van der Waals surface area contributed by atoms with Crippen LogP contribution in [0.25, 0.3) is 0 Å². The second-order valence-electron chi connectivity index (χ2n) is 3.88. The van der Waals surface area contributed by atoms with Crippen LogP contribution in [0.15, 0.2) is 6.20 Å². The molecule has 0 bridgehead atoms. The smallest absolute Gasteiger partial charge is 0.358 e. The van der Waals surface area contributed by atoms with E-state index in [1.807, 2.05) is 0 Å². The monoisotopic (exact) mass is 211 g/mol. The van der Waals surface area contributed by atoms with Crippen molar-refractivity contribution in [3.05, 3.63) is 16.3 Å². The molecule has 7 nitrogen and oxygen atoms in total. The Bertz CT molecular complexity index is 356. The fourth-order valence-electron chi connectivity index (χ4n) is 1.90. The highest BCUT2D eigenvalue weighted by Gasteiger charge is 2.23. The van der Waals surface area contributed by atoms with Crippen molar-refractivity contribution in [3.63, 3.8) is 0 Å². The molecule has 1 aromatic heterocycles. The van der Waals surface area contributed by atoms with Gasteiger partial charge in [0.25, 0.3) is 0 Å².